The van der Waals surface area contributed by atoms with Crippen molar-refractivity contribution in [1.29, 1.82) is 0 Å². The van der Waals surface area contributed by atoms with Crippen LogP contribution < -0.4 is 10.6 Å². The lowest BCUT2D eigenvalue weighted by Crippen LogP contribution is -2.22. The Labute approximate surface area is 202 Å². The van der Waals surface area contributed by atoms with Crippen molar-refractivity contribution < 1.29 is 9.59 Å². The molecule has 3 rings (SSSR count). The Morgan fingerprint density at radius 1 is 1.12 bits per heavy atom. The highest BCUT2D eigenvalue weighted by atomic mass is 35.5. The fourth-order valence-electron chi connectivity index (χ4n) is 3.31. The Morgan fingerprint density at radius 2 is 1.82 bits per heavy atom. The minimum atomic E-state index is -0.268. The molecule has 0 spiro atoms. The van der Waals surface area contributed by atoms with Crippen LogP contribution in [0.25, 0.3) is 6.08 Å². The lowest BCUT2D eigenvalue weighted by Gasteiger charge is -2.12. The molecule has 0 saturated heterocycles. The van der Waals surface area contributed by atoms with E-state index in [-0.39, 0.29) is 24.1 Å². The average Bonchev–Trinajstić information content (AvgIpc) is 3.12. The Morgan fingerprint density at radius 3 is 2.52 bits per heavy atom. The number of hydrogen-bond acceptors (Lipinski definition) is 5. The molecule has 0 unspecified atom stereocenters. The summed E-state index contributed by atoms with van der Waals surface area (Å²) < 4.78 is 1.76. The topological polar surface area (TPSA) is 88.9 Å². The highest BCUT2D eigenvalue weighted by Gasteiger charge is 2.13. The quantitative estimate of drug-likeness (QED) is 0.365. The molecule has 0 atom stereocenters. The van der Waals surface area contributed by atoms with Gasteiger partial charge in [-0.3, -0.25) is 9.59 Å². The zero-order chi connectivity index (χ0) is 24.0. The summed E-state index contributed by atoms with van der Waals surface area (Å²) >= 11 is 7.38. The lowest BCUT2D eigenvalue weighted by molar-refractivity contribution is -0.116. The van der Waals surface area contributed by atoms with E-state index in [2.05, 4.69) is 20.8 Å². The second-order valence-corrected chi connectivity index (χ2v) is 8.99. The highest BCUT2D eigenvalue weighted by Crippen LogP contribution is 2.23. The maximum Gasteiger partial charge on any atom is 0.244 e. The van der Waals surface area contributed by atoms with Crippen LogP contribution >= 0.6 is 23.4 Å². The van der Waals surface area contributed by atoms with E-state index in [0.29, 0.717) is 16.0 Å². The Balaban J connectivity index is 1.52. The largest absolute Gasteiger partial charge is 0.345 e. The molecule has 2 amide bonds. The predicted molar refractivity (Wildman–Crippen MR) is 133 cm³/mol. The number of carbonyl (C=O) groups excluding carboxylic acids is 2. The van der Waals surface area contributed by atoms with Crippen LogP contribution in [0.2, 0.25) is 5.02 Å². The Bertz CT molecular complexity index is 1180. The van der Waals surface area contributed by atoms with E-state index in [9.17, 15) is 9.59 Å². The van der Waals surface area contributed by atoms with Crippen molar-refractivity contribution >= 4 is 46.9 Å². The number of thioether (sulfide) groups is 1. The summed E-state index contributed by atoms with van der Waals surface area (Å²) in [5, 5.41) is 15.2. The molecule has 0 aliphatic heterocycles. The van der Waals surface area contributed by atoms with Crippen LogP contribution in [0, 0.1) is 20.8 Å². The first-order valence-electron chi connectivity index (χ1n) is 10.3. The van der Waals surface area contributed by atoms with Crippen LogP contribution in [-0.2, 0) is 23.2 Å². The predicted octanol–water partition coefficient (Wildman–Crippen LogP) is 4.45. The number of aromatic nitrogens is 3. The van der Waals surface area contributed by atoms with Crippen LogP contribution in [-0.4, -0.2) is 32.3 Å². The van der Waals surface area contributed by atoms with Crippen LogP contribution in [0.1, 0.15) is 28.1 Å². The third-order valence-electron chi connectivity index (χ3n) is 4.94. The van der Waals surface area contributed by atoms with Crippen molar-refractivity contribution in [3.05, 3.63) is 75.6 Å². The first kappa shape index (κ1) is 24.5. The maximum atomic E-state index is 12.5. The third-order valence-corrected chi connectivity index (χ3v) is 6.30. The van der Waals surface area contributed by atoms with Crippen molar-refractivity contribution in [2.45, 2.75) is 32.5 Å². The molecule has 0 aliphatic carbocycles. The third kappa shape index (κ3) is 6.69. The molecule has 0 bridgehead atoms. The molecular formula is C24H26ClN5O2S. The molecule has 172 valence electrons. The first-order valence-corrected chi connectivity index (χ1v) is 11.7. The second-order valence-electron chi connectivity index (χ2n) is 7.64. The molecule has 0 fully saturated rings. The normalized spacial score (nSPS) is 11.1. The van der Waals surface area contributed by atoms with Gasteiger partial charge in [0.2, 0.25) is 11.8 Å². The van der Waals surface area contributed by atoms with Gasteiger partial charge in [-0.05, 0) is 49.6 Å². The molecule has 9 heteroatoms. The van der Waals surface area contributed by atoms with Gasteiger partial charge in [0.05, 0.1) is 12.3 Å². The summed E-state index contributed by atoms with van der Waals surface area (Å²) in [6.45, 7) is 6.21. The van der Waals surface area contributed by atoms with E-state index in [0.717, 1.165) is 27.9 Å². The fourth-order valence-corrected chi connectivity index (χ4v) is 4.24. The van der Waals surface area contributed by atoms with Gasteiger partial charge in [-0.15, -0.1) is 10.2 Å². The van der Waals surface area contributed by atoms with Gasteiger partial charge in [0.15, 0.2) is 11.0 Å². The second kappa shape index (κ2) is 11.2. The van der Waals surface area contributed by atoms with Crippen LogP contribution in [0.4, 0.5) is 5.69 Å². The summed E-state index contributed by atoms with van der Waals surface area (Å²) in [6, 6.07) is 11.4. The molecule has 3 aromatic rings. The van der Waals surface area contributed by atoms with Crippen LogP contribution in [0.15, 0.2) is 47.6 Å². The minimum Gasteiger partial charge on any atom is -0.345 e. The standard InChI is InChI=1S/C24H26ClN5O2S/c1-15-11-16(2)23(17(3)12-15)27-22(32)14-33-24-29-28-20(30(24)4)13-26-21(31)10-9-18-7-5-6-8-19(18)25/h5-12H,13-14H2,1-4H3,(H,26,31)(H,27,32)/b10-9+. The Kier molecular flexibility index (Phi) is 8.30. The van der Waals surface area contributed by atoms with Gasteiger partial charge in [-0.25, -0.2) is 0 Å². The molecule has 7 nitrogen and oxygen atoms in total. The monoisotopic (exact) mass is 483 g/mol. The Hall–Kier alpha value is -3.10. The zero-order valence-electron chi connectivity index (χ0n) is 19.0. The number of carbonyl (C=O) groups is 2. The summed E-state index contributed by atoms with van der Waals surface area (Å²) in [4.78, 5) is 24.6. The van der Waals surface area contributed by atoms with Crippen LogP contribution in [0.5, 0.6) is 0 Å². The molecule has 0 radical (unpaired) electrons. The summed E-state index contributed by atoms with van der Waals surface area (Å²) in [7, 11) is 1.80. The van der Waals surface area contributed by atoms with Gasteiger partial charge >= 0.3 is 0 Å². The van der Waals surface area contributed by atoms with Gasteiger partial charge in [-0.2, -0.15) is 0 Å². The maximum absolute atomic E-state index is 12.5. The van der Waals surface area contributed by atoms with Gasteiger partial charge < -0.3 is 15.2 Å². The number of halogens is 1. The number of hydrogen-bond donors (Lipinski definition) is 2. The van der Waals surface area contributed by atoms with E-state index >= 15 is 0 Å². The molecule has 1 aromatic heterocycles. The molecule has 33 heavy (non-hydrogen) atoms. The SMILES string of the molecule is Cc1cc(C)c(NC(=O)CSc2nnc(CNC(=O)/C=C/c3ccccc3Cl)n2C)c(C)c1. The molecule has 2 N–H and O–H groups in total. The summed E-state index contributed by atoms with van der Waals surface area (Å²) in [6.07, 6.45) is 3.08. The van der Waals surface area contributed by atoms with Crippen molar-refractivity contribution in [3.8, 4) is 0 Å². The number of aryl methyl sites for hydroxylation is 3. The molecule has 1 heterocycles. The van der Waals surface area contributed by atoms with Crippen molar-refractivity contribution in [1.82, 2.24) is 20.1 Å². The molecular weight excluding hydrogens is 458 g/mol. The van der Waals surface area contributed by atoms with Crippen LogP contribution in [0.3, 0.4) is 0 Å². The van der Waals surface area contributed by atoms with Crippen molar-refractivity contribution in [2.75, 3.05) is 11.1 Å². The minimum absolute atomic E-state index is 0.113. The fraction of sp³-hybridized carbons (Fsp3) is 0.250. The van der Waals surface area contributed by atoms with Crippen molar-refractivity contribution in [3.63, 3.8) is 0 Å². The molecule has 0 saturated carbocycles. The molecule has 0 aliphatic rings. The number of nitrogens with zero attached hydrogens (tertiary/aromatic N) is 3. The highest BCUT2D eigenvalue weighted by molar-refractivity contribution is 7.99. The van der Waals surface area contributed by atoms with Crippen molar-refractivity contribution in [2.24, 2.45) is 7.05 Å². The number of nitrogens with one attached hydrogen (secondary N) is 2. The lowest BCUT2D eigenvalue weighted by atomic mass is 10.1. The van der Waals surface area contributed by atoms with Gasteiger partial charge in [-0.1, -0.05) is 59.3 Å². The van der Waals surface area contributed by atoms with Gasteiger partial charge in [0, 0.05) is 23.8 Å². The smallest absolute Gasteiger partial charge is 0.244 e. The first-order chi connectivity index (χ1) is 15.7. The summed E-state index contributed by atoms with van der Waals surface area (Å²) in [5.41, 5.74) is 4.84. The molecule has 2 aromatic carbocycles. The van der Waals surface area contributed by atoms with E-state index < -0.39 is 0 Å². The van der Waals surface area contributed by atoms with E-state index in [1.807, 2.05) is 51.1 Å². The number of amides is 2. The van der Waals surface area contributed by atoms with E-state index in [4.69, 9.17) is 11.6 Å². The zero-order valence-corrected chi connectivity index (χ0v) is 20.5. The van der Waals surface area contributed by atoms with E-state index in [1.54, 1.807) is 23.8 Å². The number of benzene rings is 2. The number of anilines is 1. The van der Waals surface area contributed by atoms with Gasteiger partial charge in [0.25, 0.3) is 0 Å². The van der Waals surface area contributed by atoms with Gasteiger partial charge in [0.1, 0.15) is 0 Å². The van der Waals surface area contributed by atoms with E-state index in [1.165, 1.54) is 17.8 Å². The average molecular weight is 484 g/mol. The summed E-state index contributed by atoms with van der Waals surface area (Å²) in [5.74, 6) is 0.404. The number of rotatable bonds is 8.